The Morgan fingerprint density at radius 1 is 0.818 bits per heavy atom. The molecule has 1 aromatic carbocycles. The first kappa shape index (κ1) is 50.8. The second kappa shape index (κ2) is 25.5. The Balaban J connectivity index is 0.772. The molecule has 1 aliphatic heterocycles. The van der Waals surface area contributed by atoms with E-state index in [0.717, 1.165) is 44.1 Å². The first-order valence-corrected chi connectivity index (χ1v) is 24.0. The molecule has 3 aliphatic rings. The molecule has 2 aromatic heterocycles. The van der Waals surface area contributed by atoms with Crippen LogP contribution in [0.5, 0.6) is 0 Å². The van der Waals surface area contributed by atoms with Crippen LogP contribution in [0.25, 0.3) is 11.1 Å². The smallest absolute Gasteiger partial charge is 0.269 e. The van der Waals surface area contributed by atoms with Crippen LogP contribution >= 0.6 is 34.8 Å². The lowest BCUT2D eigenvalue weighted by molar-refractivity contribution is -0.128. The molecule has 3 heterocycles. The zero-order chi connectivity index (χ0) is 47.0. The number of carbonyl (C=O) groups is 5. The molecule has 2 saturated carbocycles. The predicted octanol–water partition coefficient (Wildman–Crippen LogP) is 6.14. The van der Waals surface area contributed by atoms with Crippen LogP contribution in [0.1, 0.15) is 92.7 Å². The second-order valence-corrected chi connectivity index (χ2v) is 18.2. The largest absolute Gasteiger partial charge is 0.378 e. The van der Waals surface area contributed by atoms with Gasteiger partial charge in [0.25, 0.3) is 5.91 Å². The highest BCUT2D eigenvalue weighted by Crippen LogP contribution is 2.40. The van der Waals surface area contributed by atoms with Crippen molar-refractivity contribution in [2.75, 3.05) is 65.5 Å². The number of amides is 5. The third-order valence-corrected chi connectivity index (χ3v) is 13.4. The molecule has 1 saturated heterocycles. The highest BCUT2D eigenvalue weighted by molar-refractivity contribution is 6.45. The summed E-state index contributed by atoms with van der Waals surface area (Å²) in [5.74, 6) is -0.726. The maximum Gasteiger partial charge on any atom is 0.269 e. The summed E-state index contributed by atoms with van der Waals surface area (Å²) in [5.41, 5.74) is 2.25. The van der Waals surface area contributed by atoms with E-state index in [4.69, 9.17) is 49.0 Å². The standard InChI is InChI=1S/C47H61Cl3N8O8/c1-51-47(63)39-16-15-35(36-25-31(48)26-38(49)42(36)50)44(57-39)53-18-22-64-23-19-54-45(61)29-7-9-32(10-8-29)56-40(59)6-4-21-65-33-11-13-34(14-12-33)66-24-20-55-46(62)37-27-41(60)58(2)43(37)30-5-3-17-52-28-30/h3,5,15-17,25-26,28-29,32-34,37,43H,4,6-14,18-24,27H2,1-2H3,(H,51,63)(H,53,57)(H,54,61)(H,55,62)(H,56,59)/t29?,32?,33?,34?,37-,43+/m0/s1. The van der Waals surface area contributed by atoms with Crippen LogP contribution in [0.3, 0.4) is 0 Å². The molecule has 0 spiro atoms. The molecule has 16 nitrogen and oxygen atoms in total. The number of nitrogens with one attached hydrogen (secondary N) is 5. The number of anilines is 1. The number of ether oxygens (including phenoxy) is 3. The SMILES string of the molecule is CNC(=O)c1ccc(-c2cc(Cl)cc(Cl)c2Cl)c(NCCOCCNC(=O)C2CCC(NC(=O)CCCOC3CCC(OCCNC(=O)[C@H]4CC(=O)N(C)[C@@H]4c4cccnc4)CC3)CC2)n1. The van der Waals surface area contributed by atoms with Gasteiger partial charge in [-0.3, -0.25) is 29.0 Å². The lowest BCUT2D eigenvalue weighted by Crippen LogP contribution is -2.41. The molecule has 2 aliphatic carbocycles. The van der Waals surface area contributed by atoms with Crippen molar-refractivity contribution in [2.45, 2.75) is 94.9 Å². The van der Waals surface area contributed by atoms with Gasteiger partial charge in [-0.05, 0) is 93.7 Å². The van der Waals surface area contributed by atoms with E-state index in [1.165, 1.54) is 7.05 Å². The van der Waals surface area contributed by atoms with E-state index in [1.807, 2.05) is 12.1 Å². The molecule has 0 bridgehead atoms. The summed E-state index contributed by atoms with van der Waals surface area (Å²) in [4.78, 5) is 73.6. The van der Waals surface area contributed by atoms with Crippen LogP contribution in [0.4, 0.5) is 5.82 Å². The zero-order valence-electron chi connectivity index (χ0n) is 37.6. The first-order valence-electron chi connectivity index (χ1n) is 22.8. The van der Waals surface area contributed by atoms with Crippen molar-refractivity contribution >= 4 is 70.2 Å². The molecule has 19 heteroatoms. The Labute approximate surface area is 401 Å². The van der Waals surface area contributed by atoms with E-state index in [0.29, 0.717) is 104 Å². The third-order valence-electron chi connectivity index (χ3n) is 12.4. The fourth-order valence-corrected chi connectivity index (χ4v) is 9.55. The van der Waals surface area contributed by atoms with Gasteiger partial charge in [-0.2, -0.15) is 0 Å². The Morgan fingerprint density at radius 3 is 2.23 bits per heavy atom. The molecule has 2 atom stereocenters. The van der Waals surface area contributed by atoms with Crippen LogP contribution in [0.15, 0.2) is 48.8 Å². The molecule has 3 fully saturated rings. The molecule has 0 radical (unpaired) electrons. The van der Waals surface area contributed by atoms with Crippen LogP contribution in [0.2, 0.25) is 15.1 Å². The summed E-state index contributed by atoms with van der Waals surface area (Å²) in [5, 5.41) is 15.9. The maximum absolute atomic E-state index is 13.0. The summed E-state index contributed by atoms with van der Waals surface area (Å²) in [7, 11) is 3.25. The molecule has 5 N–H and O–H groups in total. The van der Waals surface area contributed by atoms with Crippen molar-refractivity contribution in [1.29, 1.82) is 0 Å². The highest BCUT2D eigenvalue weighted by atomic mass is 35.5. The van der Waals surface area contributed by atoms with E-state index >= 15 is 0 Å². The van der Waals surface area contributed by atoms with Crippen LogP contribution in [-0.4, -0.2) is 123 Å². The lowest BCUT2D eigenvalue weighted by Gasteiger charge is -2.29. The molecule has 3 aromatic rings. The maximum atomic E-state index is 13.0. The molecular formula is C47H61Cl3N8O8. The molecular weight excluding hydrogens is 911 g/mol. The summed E-state index contributed by atoms with van der Waals surface area (Å²) >= 11 is 19.0. The van der Waals surface area contributed by atoms with Gasteiger partial charge in [0, 0.05) is 93.7 Å². The number of halogens is 3. The van der Waals surface area contributed by atoms with Crippen LogP contribution in [0, 0.1) is 11.8 Å². The molecule has 5 amide bonds. The number of nitrogens with zero attached hydrogens (tertiary/aromatic N) is 3. The predicted molar refractivity (Wildman–Crippen MR) is 252 cm³/mol. The second-order valence-electron chi connectivity index (χ2n) is 16.9. The van der Waals surface area contributed by atoms with Crippen molar-refractivity contribution in [3.8, 4) is 11.1 Å². The fraction of sp³-hybridized carbons (Fsp3) is 0.553. The van der Waals surface area contributed by atoms with Gasteiger partial charge >= 0.3 is 0 Å². The number of pyridine rings is 2. The lowest BCUT2D eigenvalue weighted by atomic mass is 9.85. The van der Waals surface area contributed by atoms with Gasteiger partial charge in [-0.15, -0.1) is 0 Å². The minimum Gasteiger partial charge on any atom is -0.378 e. The summed E-state index contributed by atoms with van der Waals surface area (Å²) in [6, 6.07) is 9.98. The topological polar surface area (TPSA) is 202 Å². The van der Waals surface area contributed by atoms with Crippen molar-refractivity contribution in [1.82, 2.24) is 36.1 Å². The highest BCUT2D eigenvalue weighted by Gasteiger charge is 2.42. The number of hydrogen-bond donors (Lipinski definition) is 5. The normalized spacial score (nSPS) is 21.8. The minimum atomic E-state index is -0.470. The van der Waals surface area contributed by atoms with Crippen LogP contribution in [-0.2, 0) is 33.4 Å². The number of carbonyl (C=O) groups excluding carboxylic acids is 5. The quantitative estimate of drug-likeness (QED) is 0.0572. The van der Waals surface area contributed by atoms with E-state index in [9.17, 15) is 24.0 Å². The van der Waals surface area contributed by atoms with Gasteiger partial charge in [0.15, 0.2) is 0 Å². The molecule has 66 heavy (non-hydrogen) atoms. The monoisotopic (exact) mass is 970 g/mol. The van der Waals surface area contributed by atoms with Gasteiger partial charge in [-0.25, -0.2) is 4.98 Å². The van der Waals surface area contributed by atoms with E-state index in [2.05, 4.69) is 36.6 Å². The minimum absolute atomic E-state index is 0.00492. The molecule has 358 valence electrons. The van der Waals surface area contributed by atoms with Crippen molar-refractivity contribution < 1.29 is 38.2 Å². The van der Waals surface area contributed by atoms with Gasteiger partial charge in [-0.1, -0.05) is 40.9 Å². The number of rotatable bonds is 22. The number of aromatic nitrogens is 2. The molecule has 6 rings (SSSR count). The van der Waals surface area contributed by atoms with Crippen molar-refractivity contribution in [3.63, 3.8) is 0 Å². The van der Waals surface area contributed by atoms with Gasteiger partial charge in [0.05, 0.1) is 54.0 Å². The van der Waals surface area contributed by atoms with Gasteiger partial charge < -0.3 is 45.7 Å². The van der Waals surface area contributed by atoms with E-state index in [-0.39, 0.29) is 71.9 Å². The first-order chi connectivity index (χ1) is 31.9. The molecule has 0 unspecified atom stereocenters. The zero-order valence-corrected chi connectivity index (χ0v) is 39.8. The fourth-order valence-electron chi connectivity index (χ4n) is 8.84. The summed E-state index contributed by atoms with van der Waals surface area (Å²) < 4.78 is 17.9. The van der Waals surface area contributed by atoms with Crippen molar-refractivity contribution in [2.24, 2.45) is 11.8 Å². The van der Waals surface area contributed by atoms with E-state index < -0.39 is 5.92 Å². The third kappa shape index (κ3) is 14.5. The van der Waals surface area contributed by atoms with Crippen molar-refractivity contribution in [3.05, 3.63) is 75.1 Å². The Hall–Kier alpha value is -4.58. The number of benzene rings is 1. The van der Waals surface area contributed by atoms with Gasteiger partial charge in [0.2, 0.25) is 23.6 Å². The number of hydrogen-bond acceptors (Lipinski definition) is 11. The van der Waals surface area contributed by atoms with E-state index in [1.54, 1.807) is 48.6 Å². The summed E-state index contributed by atoms with van der Waals surface area (Å²) in [6.07, 6.45) is 11.2. The Morgan fingerprint density at radius 2 is 1.52 bits per heavy atom. The Kier molecular flexibility index (Phi) is 19.7. The summed E-state index contributed by atoms with van der Waals surface area (Å²) in [6.45, 7) is 2.64. The van der Waals surface area contributed by atoms with Crippen LogP contribution < -0.4 is 26.6 Å². The number of likely N-dealkylation sites (tertiary alicyclic amines) is 1. The average molecular weight is 972 g/mol. The van der Waals surface area contributed by atoms with Gasteiger partial charge in [0.1, 0.15) is 11.5 Å². The average Bonchev–Trinajstić information content (AvgIpc) is 3.63. The Bertz CT molecular complexity index is 2120.